The van der Waals surface area contributed by atoms with Gasteiger partial charge in [-0.2, -0.15) is 0 Å². The number of nitrogens with zero attached hydrogens (tertiary/aromatic N) is 1. The van der Waals surface area contributed by atoms with E-state index in [0.717, 1.165) is 26.1 Å². The Morgan fingerprint density at radius 2 is 2.25 bits per heavy atom. The maximum absolute atomic E-state index is 12.2. The molecule has 0 spiro atoms. The van der Waals surface area contributed by atoms with Gasteiger partial charge in [0.05, 0.1) is 5.92 Å². The molecule has 1 amide bonds. The average Bonchev–Trinajstić information content (AvgIpc) is 2.29. The van der Waals surface area contributed by atoms with Gasteiger partial charge in [-0.15, -0.1) is 0 Å². The molecular formula is C12H24N2O2. The first-order valence-electron chi connectivity index (χ1n) is 6.29. The van der Waals surface area contributed by atoms with Gasteiger partial charge in [-0.3, -0.25) is 4.79 Å². The van der Waals surface area contributed by atoms with Crippen LogP contribution in [0.4, 0.5) is 0 Å². The minimum atomic E-state index is 0.127. The summed E-state index contributed by atoms with van der Waals surface area (Å²) in [4.78, 5) is 14.0. The molecule has 94 valence electrons. The van der Waals surface area contributed by atoms with Crippen LogP contribution in [0.15, 0.2) is 0 Å². The summed E-state index contributed by atoms with van der Waals surface area (Å²) in [5, 5.41) is 12.1. The van der Waals surface area contributed by atoms with Crippen molar-refractivity contribution in [2.24, 2.45) is 11.8 Å². The zero-order valence-electron chi connectivity index (χ0n) is 10.4. The number of nitrogens with one attached hydrogen (secondary N) is 1. The number of aliphatic hydroxyl groups is 1. The number of piperidine rings is 1. The SMILES string of the molecule is CCN(CCCO)C(=O)C1CNCC(C)C1. The fraction of sp³-hybridized carbons (Fsp3) is 0.917. The van der Waals surface area contributed by atoms with Gasteiger partial charge in [-0.05, 0) is 32.2 Å². The maximum Gasteiger partial charge on any atom is 0.226 e. The Hall–Kier alpha value is -0.610. The second kappa shape index (κ2) is 6.86. The van der Waals surface area contributed by atoms with Crippen molar-refractivity contribution >= 4 is 5.91 Å². The predicted molar refractivity (Wildman–Crippen MR) is 64.1 cm³/mol. The zero-order chi connectivity index (χ0) is 12.0. The molecule has 0 aliphatic carbocycles. The van der Waals surface area contributed by atoms with Crippen molar-refractivity contribution in [1.29, 1.82) is 0 Å². The van der Waals surface area contributed by atoms with Crippen LogP contribution in [0, 0.1) is 11.8 Å². The molecule has 2 unspecified atom stereocenters. The monoisotopic (exact) mass is 228 g/mol. The van der Waals surface area contributed by atoms with Crippen LogP contribution in [0.3, 0.4) is 0 Å². The van der Waals surface area contributed by atoms with Gasteiger partial charge in [0.15, 0.2) is 0 Å². The van der Waals surface area contributed by atoms with Crippen molar-refractivity contribution in [2.45, 2.75) is 26.7 Å². The zero-order valence-corrected chi connectivity index (χ0v) is 10.4. The predicted octanol–water partition coefficient (Wildman–Crippen LogP) is 0.463. The van der Waals surface area contributed by atoms with Gasteiger partial charge in [-0.1, -0.05) is 6.92 Å². The minimum absolute atomic E-state index is 0.127. The standard InChI is InChI=1S/C12H24N2O2/c1-3-14(5-4-6-15)12(16)11-7-10(2)8-13-9-11/h10-11,13,15H,3-9H2,1-2H3. The number of rotatable bonds is 5. The number of amides is 1. The smallest absolute Gasteiger partial charge is 0.226 e. The number of aliphatic hydroxyl groups excluding tert-OH is 1. The summed E-state index contributed by atoms with van der Waals surface area (Å²) in [6.07, 6.45) is 1.66. The van der Waals surface area contributed by atoms with Crippen LogP contribution in [0.1, 0.15) is 26.7 Å². The van der Waals surface area contributed by atoms with Gasteiger partial charge in [0.25, 0.3) is 0 Å². The molecule has 1 aliphatic heterocycles. The van der Waals surface area contributed by atoms with Gasteiger partial charge in [0.1, 0.15) is 0 Å². The van der Waals surface area contributed by atoms with E-state index in [2.05, 4.69) is 12.2 Å². The Bertz CT molecular complexity index is 221. The summed E-state index contributed by atoms with van der Waals surface area (Å²) in [5.74, 6) is 0.955. The van der Waals surface area contributed by atoms with E-state index in [9.17, 15) is 4.79 Å². The number of carbonyl (C=O) groups is 1. The van der Waals surface area contributed by atoms with E-state index >= 15 is 0 Å². The summed E-state index contributed by atoms with van der Waals surface area (Å²) < 4.78 is 0. The fourth-order valence-electron chi connectivity index (χ4n) is 2.29. The molecule has 0 radical (unpaired) electrons. The molecule has 0 aromatic rings. The summed E-state index contributed by atoms with van der Waals surface area (Å²) in [7, 11) is 0. The lowest BCUT2D eigenvalue weighted by Gasteiger charge is -2.31. The Balaban J connectivity index is 2.46. The van der Waals surface area contributed by atoms with Crippen LogP contribution in [0.5, 0.6) is 0 Å². The van der Waals surface area contributed by atoms with E-state index in [0.29, 0.717) is 18.9 Å². The Labute approximate surface area is 98.0 Å². The molecule has 0 aromatic heterocycles. The largest absolute Gasteiger partial charge is 0.396 e. The second-order valence-electron chi connectivity index (χ2n) is 4.69. The Kier molecular flexibility index (Phi) is 5.77. The van der Waals surface area contributed by atoms with Crippen molar-refractivity contribution < 1.29 is 9.90 Å². The van der Waals surface area contributed by atoms with Crippen molar-refractivity contribution in [1.82, 2.24) is 10.2 Å². The van der Waals surface area contributed by atoms with Gasteiger partial charge in [0.2, 0.25) is 5.91 Å². The molecule has 0 bridgehead atoms. The van der Waals surface area contributed by atoms with Crippen molar-refractivity contribution in [3.05, 3.63) is 0 Å². The van der Waals surface area contributed by atoms with E-state index in [1.165, 1.54) is 0 Å². The van der Waals surface area contributed by atoms with Crippen LogP contribution in [-0.2, 0) is 4.79 Å². The van der Waals surface area contributed by atoms with Crippen LogP contribution in [0.25, 0.3) is 0 Å². The molecule has 1 fully saturated rings. The number of hydrogen-bond donors (Lipinski definition) is 2. The van der Waals surface area contributed by atoms with Gasteiger partial charge >= 0.3 is 0 Å². The molecule has 2 atom stereocenters. The second-order valence-corrected chi connectivity index (χ2v) is 4.69. The quantitative estimate of drug-likeness (QED) is 0.719. The minimum Gasteiger partial charge on any atom is -0.396 e. The first-order chi connectivity index (χ1) is 7.69. The summed E-state index contributed by atoms with van der Waals surface area (Å²) in [6.45, 7) is 7.57. The molecule has 1 saturated heterocycles. The molecule has 0 saturated carbocycles. The normalized spacial score (nSPS) is 25.4. The van der Waals surface area contributed by atoms with Crippen LogP contribution >= 0.6 is 0 Å². The van der Waals surface area contributed by atoms with Crippen molar-refractivity contribution in [3.8, 4) is 0 Å². The van der Waals surface area contributed by atoms with E-state index < -0.39 is 0 Å². The number of carbonyl (C=O) groups excluding carboxylic acids is 1. The van der Waals surface area contributed by atoms with E-state index in [4.69, 9.17) is 5.11 Å². The molecule has 1 rings (SSSR count). The van der Waals surface area contributed by atoms with E-state index in [1.54, 1.807) is 0 Å². The summed E-state index contributed by atoms with van der Waals surface area (Å²) in [5.41, 5.74) is 0. The van der Waals surface area contributed by atoms with Crippen LogP contribution < -0.4 is 5.32 Å². The van der Waals surface area contributed by atoms with Crippen molar-refractivity contribution in [3.63, 3.8) is 0 Å². The topological polar surface area (TPSA) is 52.6 Å². The summed E-state index contributed by atoms with van der Waals surface area (Å²) >= 11 is 0. The summed E-state index contributed by atoms with van der Waals surface area (Å²) in [6, 6.07) is 0. The van der Waals surface area contributed by atoms with Crippen molar-refractivity contribution in [2.75, 3.05) is 32.8 Å². The molecule has 2 N–H and O–H groups in total. The lowest BCUT2D eigenvalue weighted by molar-refractivity contribution is -0.136. The van der Waals surface area contributed by atoms with E-state index in [1.807, 2.05) is 11.8 Å². The molecule has 1 aliphatic rings. The highest BCUT2D eigenvalue weighted by Gasteiger charge is 2.27. The Morgan fingerprint density at radius 1 is 1.50 bits per heavy atom. The third-order valence-corrected chi connectivity index (χ3v) is 3.20. The van der Waals surface area contributed by atoms with Gasteiger partial charge in [-0.25, -0.2) is 0 Å². The van der Waals surface area contributed by atoms with Gasteiger partial charge in [0, 0.05) is 26.2 Å². The third-order valence-electron chi connectivity index (χ3n) is 3.20. The Morgan fingerprint density at radius 3 is 2.81 bits per heavy atom. The van der Waals surface area contributed by atoms with Gasteiger partial charge < -0.3 is 15.3 Å². The average molecular weight is 228 g/mol. The maximum atomic E-state index is 12.2. The highest BCUT2D eigenvalue weighted by molar-refractivity contribution is 5.79. The lowest BCUT2D eigenvalue weighted by Crippen LogP contribution is -2.45. The fourth-order valence-corrected chi connectivity index (χ4v) is 2.29. The highest BCUT2D eigenvalue weighted by Crippen LogP contribution is 2.18. The molecule has 0 aromatic carbocycles. The number of hydrogen-bond acceptors (Lipinski definition) is 3. The lowest BCUT2D eigenvalue weighted by atomic mass is 9.91. The van der Waals surface area contributed by atoms with Crippen LogP contribution in [-0.4, -0.2) is 48.7 Å². The molecule has 16 heavy (non-hydrogen) atoms. The highest BCUT2D eigenvalue weighted by atomic mass is 16.3. The first kappa shape index (κ1) is 13.5. The molecule has 1 heterocycles. The third kappa shape index (κ3) is 3.76. The molecular weight excluding hydrogens is 204 g/mol. The van der Waals surface area contributed by atoms with Crippen LogP contribution in [0.2, 0.25) is 0 Å². The first-order valence-corrected chi connectivity index (χ1v) is 6.29. The molecule has 4 nitrogen and oxygen atoms in total. The van der Waals surface area contributed by atoms with E-state index in [-0.39, 0.29) is 18.4 Å². The molecule has 4 heteroatoms.